The molecule has 0 aliphatic carbocycles. The van der Waals surface area contributed by atoms with E-state index in [4.69, 9.17) is 9.84 Å². The number of ether oxygens (including phenoxy) is 1. The van der Waals surface area contributed by atoms with Crippen molar-refractivity contribution in [3.63, 3.8) is 0 Å². The number of aliphatic carboxylic acids is 1. The lowest BCUT2D eigenvalue weighted by atomic mass is 10.3. The fourth-order valence-corrected chi connectivity index (χ4v) is 2.68. The molecule has 1 aromatic rings. The molecule has 1 rings (SSSR count). The second-order valence-corrected chi connectivity index (χ2v) is 5.51. The highest BCUT2D eigenvalue weighted by Gasteiger charge is 2.19. The van der Waals surface area contributed by atoms with E-state index in [2.05, 4.69) is 4.72 Å². The van der Waals surface area contributed by atoms with Gasteiger partial charge in [0.25, 0.3) is 0 Å². The smallest absolute Gasteiger partial charge is 0.304 e. The summed E-state index contributed by atoms with van der Waals surface area (Å²) in [5.74, 6) is -0.639. The van der Waals surface area contributed by atoms with Crippen LogP contribution >= 0.6 is 0 Å². The first-order valence-electron chi connectivity index (χ1n) is 5.23. The molecule has 0 radical (unpaired) electrons. The molecule has 1 atom stereocenters. The zero-order valence-corrected chi connectivity index (χ0v) is 10.9. The van der Waals surface area contributed by atoms with E-state index in [1.54, 1.807) is 12.1 Å². The van der Waals surface area contributed by atoms with Crippen LogP contribution in [0.15, 0.2) is 29.2 Å². The monoisotopic (exact) mass is 273 g/mol. The number of carboxylic acid groups (broad SMARTS) is 1. The van der Waals surface area contributed by atoms with Gasteiger partial charge in [-0.3, -0.25) is 4.79 Å². The SMILES string of the molecule is COc1cccc(S(=O)(=O)N[C@H](C)CC(=O)O)c1. The average molecular weight is 273 g/mol. The average Bonchev–Trinajstić information content (AvgIpc) is 2.27. The highest BCUT2D eigenvalue weighted by molar-refractivity contribution is 7.89. The summed E-state index contributed by atoms with van der Waals surface area (Å²) < 4.78 is 31.1. The van der Waals surface area contributed by atoms with Gasteiger partial charge in [0.05, 0.1) is 18.4 Å². The lowest BCUT2D eigenvalue weighted by Gasteiger charge is -2.12. The third-order valence-corrected chi connectivity index (χ3v) is 3.78. The molecule has 0 saturated heterocycles. The fraction of sp³-hybridized carbons (Fsp3) is 0.364. The first kappa shape index (κ1) is 14.5. The molecular formula is C11H15NO5S. The Morgan fingerprint density at radius 1 is 1.50 bits per heavy atom. The number of benzene rings is 1. The predicted molar refractivity (Wildman–Crippen MR) is 65.0 cm³/mol. The van der Waals surface area contributed by atoms with Crippen molar-refractivity contribution >= 4 is 16.0 Å². The van der Waals surface area contributed by atoms with E-state index in [0.717, 1.165) is 0 Å². The van der Waals surface area contributed by atoms with E-state index in [0.29, 0.717) is 5.75 Å². The molecule has 0 heterocycles. The third kappa shape index (κ3) is 4.01. The van der Waals surface area contributed by atoms with Crippen molar-refractivity contribution in [1.29, 1.82) is 0 Å². The molecular weight excluding hydrogens is 258 g/mol. The zero-order valence-electron chi connectivity index (χ0n) is 10.1. The number of sulfonamides is 1. The third-order valence-electron chi connectivity index (χ3n) is 2.19. The summed E-state index contributed by atoms with van der Waals surface area (Å²) in [6.07, 6.45) is -0.275. The molecule has 1 aromatic carbocycles. The van der Waals surface area contributed by atoms with Crippen molar-refractivity contribution < 1.29 is 23.1 Å². The van der Waals surface area contributed by atoms with Gasteiger partial charge in [0, 0.05) is 12.1 Å². The quantitative estimate of drug-likeness (QED) is 0.801. The summed E-state index contributed by atoms with van der Waals surface area (Å²) in [5, 5.41) is 8.58. The lowest BCUT2D eigenvalue weighted by molar-refractivity contribution is -0.137. The van der Waals surface area contributed by atoms with Crippen LogP contribution in [0.25, 0.3) is 0 Å². The molecule has 0 aliphatic rings. The number of hydrogen-bond donors (Lipinski definition) is 2. The maximum atomic E-state index is 11.9. The van der Waals surface area contributed by atoms with E-state index in [1.807, 2.05) is 0 Å². The minimum absolute atomic E-state index is 0.0408. The van der Waals surface area contributed by atoms with Gasteiger partial charge >= 0.3 is 5.97 Å². The molecule has 18 heavy (non-hydrogen) atoms. The Balaban J connectivity index is 2.88. The number of carbonyl (C=O) groups is 1. The Labute approximate surface area is 106 Å². The summed E-state index contributed by atoms with van der Waals surface area (Å²) in [5.41, 5.74) is 0. The van der Waals surface area contributed by atoms with E-state index in [-0.39, 0.29) is 11.3 Å². The minimum atomic E-state index is -3.73. The molecule has 2 N–H and O–H groups in total. The summed E-state index contributed by atoms with van der Waals surface area (Å²) in [6.45, 7) is 1.49. The van der Waals surface area contributed by atoms with Gasteiger partial charge < -0.3 is 9.84 Å². The van der Waals surface area contributed by atoms with Crippen LogP contribution in [0.5, 0.6) is 5.75 Å². The molecule has 0 spiro atoms. The van der Waals surface area contributed by atoms with Crippen molar-refractivity contribution in [2.24, 2.45) is 0 Å². The van der Waals surface area contributed by atoms with Crippen molar-refractivity contribution in [2.45, 2.75) is 24.3 Å². The van der Waals surface area contributed by atoms with Gasteiger partial charge in [0.15, 0.2) is 0 Å². The van der Waals surface area contributed by atoms with Crippen LogP contribution in [-0.2, 0) is 14.8 Å². The van der Waals surface area contributed by atoms with E-state index in [1.165, 1.54) is 26.2 Å². The van der Waals surface area contributed by atoms with Gasteiger partial charge in [-0.1, -0.05) is 6.07 Å². The topological polar surface area (TPSA) is 92.7 Å². The lowest BCUT2D eigenvalue weighted by Crippen LogP contribution is -2.34. The first-order chi connectivity index (χ1) is 8.35. The van der Waals surface area contributed by atoms with Crippen molar-refractivity contribution in [3.8, 4) is 5.75 Å². The maximum Gasteiger partial charge on any atom is 0.304 e. The molecule has 100 valence electrons. The Bertz CT molecular complexity index is 526. The van der Waals surface area contributed by atoms with Crippen LogP contribution in [0.2, 0.25) is 0 Å². The number of carboxylic acids is 1. The largest absolute Gasteiger partial charge is 0.497 e. The second-order valence-electron chi connectivity index (χ2n) is 3.80. The second kappa shape index (κ2) is 5.83. The van der Waals surface area contributed by atoms with Gasteiger partial charge in [0.2, 0.25) is 10.0 Å². The Kier molecular flexibility index (Phi) is 4.69. The van der Waals surface area contributed by atoms with Crippen LogP contribution in [-0.4, -0.2) is 32.6 Å². The van der Waals surface area contributed by atoms with Gasteiger partial charge in [-0.25, -0.2) is 13.1 Å². The van der Waals surface area contributed by atoms with Crippen LogP contribution in [0, 0.1) is 0 Å². The summed E-state index contributed by atoms with van der Waals surface area (Å²) >= 11 is 0. The molecule has 0 unspecified atom stereocenters. The Morgan fingerprint density at radius 2 is 2.17 bits per heavy atom. The number of hydrogen-bond acceptors (Lipinski definition) is 4. The molecule has 0 aromatic heterocycles. The highest BCUT2D eigenvalue weighted by atomic mass is 32.2. The molecule has 0 aliphatic heterocycles. The molecule has 0 fully saturated rings. The highest BCUT2D eigenvalue weighted by Crippen LogP contribution is 2.17. The van der Waals surface area contributed by atoms with E-state index in [9.17, 15) is 13.2 Å². The Morgan fingerprint density at radius 3 is 2.72 bits per heavy atom. The maximum absolute atomic E-state index is 11.9. The molecule has 6 nitrogen and oxygen atoms in total. The first-order valence-corrected chi connectivity index (χ1v) is 6.71. The van der Waals surface area contributed by atoms with Crippen molar-refractivity contribution in [3.05, 3.63) is 24.3 Å². The number of methoxy groups -OCH3 is 1. The van der Waals surface area contributed by atoms with Gasteiger partial charge in [-0.05, 0) is 19.1 Å². The number of rotatable bonds is 6. The Hall–Kier alpha value is -1.60. The number of nitrogens with one attached hydrogen (secondary N) is 1. The fourth-order valence-electron chi connectivity index (χ4n) is 1.40. The summed E-state index contributed by atoms with van der Waals surface area (Å²) in [7, 11) is -2.29. The standard InChI is InChI=1S/C11H15NO5S/c1-8(6-11(13)14)12-18(15,16)10-5-3-4-9(7-10)17-2/h3-5,7-8,12H,6H2,1-2H3,(H,13,14)/t8-/m1/s1. The van der Waals surface area contributed by atoms with Crippen LogP contribution < -0.4 is 9.46 Å². The summed E-state index contributed by atoms with van der Waals surface area (Å²) in [4.78, 5) is 10.5. The molecule has 7 heteroatoms. The van der Waals surface area contributed by atoms with Crippen LogP contribution in [0.4, 0.5) is 0 Å². The van der Waals surface area contributed by atoms with E-state index < -0.39 is 22.0 Å². The van der Waals surface area contributed by atoms with Gasteiger partial charge in [-0.2, -0.15) is 0 Å². The van der Waals surface area contributed by atoms with Crippen molar-refractivity contribution in [1.82, 2.24) is 4.72 Å². The zero-order chi connectivity index (χ0) is 13.8. The van der Waals surface area contributed by atoms with Crippen molar-refractivity contribution in [2.75, 3.05) is 7.11 Å². The molecule has 0 amide bonds. The summed E-state index contributed by atoms with van der Waals surface area (Å²) in [6, 6.07) is 5.28. The van der Waals surface area contributed by atoms with E-state index >= 15 is 0 Å². The van der Waals surface area contributed by atoms with Crippen LogP contribution in [0.3, 0.4) is 0 Å². The van der Waals surface area contributed by atoms with Crippen LogP contribution in [0.1, 0.15) is 13.3 Å². The van der Waals surface area contributed by atoms with Gasteiger partial charge in [0.1, 0.15) is 5.75 Å². The minimum Gasteiger partial charge on any atom is -0.497 e. The molecule has 0 bridgehead atoms. The predicted octanol–water partition coefficient (Wildman–Crippen LogP) is 0.837. The molecule has 0 saturated carbocycles. The van der Waals surface area contributed by atoms with Gasteiger partial charge in [-0.15, -0.1) is 0 Å². The normalized spacial score (nSPS) is 13.0.